The molecule has 4 nitrogen and oxygen atoms in total. The quantitative estimate of drug-likeness (QED) is 0.909. The van der Waals surface area contributed by atoms with E-state index in [4.69, 9.17) is 0 Å². The number of nitrogens with zero attached hydrogens (tertiary/aromatic N) is 2. The lowest BCUT2D eigenvalue weighted by Gasteiger charge is -2.35. The average Bonchev–Trinajstić information content (AvgIpc) is 2.41. The molecule has 1 aromatic heterocycles. The Bertz CT molecular complexity index is 478. The van der Waals surface area contributed by atoms with Gasteiger partial charge in [0.15, 0.2) is 0 Å². The van der Waals surface area contributed by atoms with Gasteiger partial charge < -0.3 is 10.2 Å². The van der Waals surface area contributed by atoms with Gasteiger partial charge >= 0.3 is 0 Å². The SMILES string of the molecule is CNc1ncc(Br)cc1C(=O)N1CCC(C)C(C)C1. The summed E-state index contributed by atoms with van der Waals surface area (Å²) in [5.41, 5.74) is 0.638. The van der Waals surface area contributed by atoms with E-state index in [2.05, 4.69) is 40.1 Å². The Morgan fingerprint density at radius 1 is 1.47 bits per heavy atom. The highest BCUT2D eigenvalue weighted by atomic mass is 79.9. The fourth-order valence-electron chi connectivity index (χ4n) is 2.42. The highest BCUT2D eigenvalue weighted by molar-refractivity contribution is 9.10. The lowest BCUT2D eigenvalue weighted by molar-refractivity contribution is 0.0628. The number of carbonyl (C=O) groups is 1. The van der Waals surface area contributed by atoms with Gasteiger partial charge in [-0.15, -0.1) is 0 Å². The zero-order valence-electron chi connectivity index (χ0n) is 11.6. The number of aromatic nitrogens is 1. The van der Waals surface area contributed by atoms with Crippen LogP contribution in [0, 0.1) is 11.8 Å². The van der Waals surface area contributed by atoms with Crippen LogP contribution in [0.3, 0.4) is 0 Å². The van der Waals surface area contributed by atoms with Crippen molar-refractivity contribution in [2.24, 2.45) is 11.8 Å². The second-order valence-electron chi connectivity index (χ2n) is 5.29. The van der Waals surface area contributed by atoms with E-state index in [0.717, 1.165) is 24.0 Å². The van der Waals surface area contributed by atoms with E-state index < -0.39 is 0 Å². The molecule has 0 aromatic carbocycles. The molecule has 0 aliphatic carbocycles. The van der Waals surface area contributed by atoms with Gasteiger partial charge in [-0.1, -0.05) is 13.8 Å². The van der Waals surface area contributed by atoms with Crippen molar-refractivity contribution in [2.45, 2.75) is 20.3 Å². The number of anilines is 1. The molecule has 1 fully saturated rings. The summed E-state index contributed by atoms with van der Waals surface area (Å²) >= 11 is 3.38. The molecule has 0 bridgehead atoms. The van der Waals surface area contributed by atoms with Crippen molar-refractivity contribution < 1.29 is 4.79 Å². The Morgan fingerprint density at radius 3 is 2.84 bits per heavy atom. The van der Waals surface area contributed by atoms with Gasteiger partial charge in [-0.25, -0.2) is 4.98 Å². The molecule has 1 aliphatic heterocycles. The Morgan fingerprint density at radius 2 is 2.21 bits per heavy atom. The van der Waals surface area contributed by atoms with Crippen molar-refractivity contribution >= 4 is 27.7 Å². The molecular weight excluding hydrogens is 306 g/mol. The number of likely N-dealkylation sites (tertiary alicyclic amines) is 1. The molecule has 2 unspecified atom stereocenters. The Kier molecular flexibility index (Phi) is 4.45. The van der Waals surface area contributed by atoms with E-state index in [0.29, 0.717) is 23.2 Å². The molecule has 2 rings (SSSR count). The number of hydrogen-bond donors (Lipinski definition) is 1. The predicted molar refractivity (Wildman–Crippen MR) is 80.3 cm³/mol. The molecule has 1 N–H and O–H groups in total. The van der Waals surface area contributed by atoms with Gasteiger partial charge in [-0.3, -0.25) is 4.79 Å². The van der Waals surface area contributed by atoms with Crippen LogP contribution in [0.1, 0.15) is 30.6 Å². The first-order valence-corrected chi connectivity index (χ1v) is 7.44. The Labute approximate surface area is 122 Å². The predicted octanol–water partition coefficient (Wildman–Crippen LogP) is 3.00. The summed E-state index contributed by atoms with van der Waals surface area (Å²) in [5, 5.41) is 2.98. The number of rotatable bonds is 2. The van der Waals surface area contributed by atoms with E-state index in [-0.39, 0.29) is 5.91 Å². The molecule has 2 heterocycles. The topological polar surface area (TPSA) is 45.2 Å². The van der Waals surface area contributed by atoms with Crippen LogP contribution in [0.25, 0.3) is 0 Å². The molecule has 1 aliphatic rings. The van der Waals surface area contributed by atoms with Crippen LogP contribution in [0.2, 0.25) is 0 Å². The van der Waals surface area contributed by atoms with Gasteiger partial charge in [0.05, 0.1) is 5.56 Å². The first-order chi connectivity index (χ1) is 9.02. The summed E-state index contributed by atoms with van der Waals surface area (Å²) in [6.45, 7) is 6.13. The van der Waals surface area contributed by atoms with Gasteiger partial charge in [0.2, 0.25) is 0 Å². The van der Waals surface area contributed by atoms with Gasteiger partial charge in [-0.05, 0) is 40.3 Å². The minimum absolute atomic E-state index is 0.0666. The van der Waals surface area contributed by atoms with Crippen LogP contribution in [0.15, 0.2) is 16.7 Å². The minimum atomic E-state index is 0.0666. The molecule has 1 saturated heterocycles. The monoisotopic (exact) mass is 325 g/mol. The van der Waals surface area contributed by atoms with Crippen LogP contribution in [0.4, 0.5) is 5.82 Å². The molecule has 5 heteroatoms. The number of piperidine rings is 1. The van der Waals surface area contributed by atoms with Crippen LogP contribution in [-0.4, -0.2) is 35.9 Å². The van der Waals surface area contributed by atoms with Gasteiger partial charge in [0.1, 0.15) is 5.82 Å². The third-order valence-electron chi connectivity index (χ3n) is 3.94. The normalized spacial score (nSPS) is 23.3. The van der Waals surface area contributed by atoms with Crippen molar-refractivity contribution in [3.05, 3.63) is 22.3 Å². The number of halogens is 1. The number of carbonyl (C=O) groups excluding carboxylic acids is 1. The molecule has 2 atom stereocenters. The zero-order valence-corrected chi connectivity index (χ0v) is 13.2. The van der Waals surface area contributed by atoms with E-state index in [9.17, 15) is 4.79 Å². The van der Waals surface area contributed by atoms with Gasteiger partial charge in [0, 0.05) is 30.8 Å². The van der Waals surface area contributed by atoms with Gasteiger partial charge in [-0.2, -0.15) is 0 Å². The summed E-state index contributed by atoms with van der Waals surface area (Å²) in [6, 6.07) is 1.84. The summed E-state index contributed by atoms with van der Waals surface area (Å²) in [7, 11) is 1.79. The fourth-order valence-corrected chi connectivity index (χ4v) is 2.75. The van der Waals surface area contributed by atoms with E-state index in [1.54, 1.807) is 13.2 Å². The molecule has 0 saturated carbocycles. The Hall–Kier alpha value is -1.10. The number of amides is 1. The van der Waals surface area contributed by atoms with Crippen molar-refractivity contribution in [3.63, 3.8) is 0 Å². The summed E-state index contributed by atoms with van der Waals surface area (Å²) < 4.78 is 0.827. The second kappa shape index (κ2) is 5.90. The van der Waals surface area contributed by atoms with Crippen molar-refractivity contribution in [2.75, 3.05) is 25.5 Å². The van der Waals surface area contributed by atoms with Crippen molar-refractivity contribution in [1.29, 1.82) is 0 Å². The number of hydrogen-bond acceptors (Lipinski definition) is 3. The fraction of sp³-hybridized carbons (Fsp3) is 0.571. The molecule has 19 heavy (non-hydrogen) atoms. The maximum atomic E-state index is 12.6. The highest BCUT2D eigenvalue weighted by Gasteiger charge is 2.27. The van der Waals surface area contributed by atoms with Crippen molar-refractivity contribution in [3.8, 4) is 0 Å². The lowest BCUT2D eigenvalue weighted by atomic mass is 9.88. The lowest BCUT2D eigenvalue weighted by Crippen LogP contribution is -2.42. The van der Waals surface area contributed by atoms with Crippen LogP contribution in [0.5, 0.6) is 0 Å². The Balaban J connectivity index is 2.22. The smallest absolute Gasteiger partial charge is 0.257 e. The third kappa shape index (κ3) is 3.08. The summed E-state index contributed by atoms with van der Waals surface area (Å²) in [5.74, 6) is 1.95. The number of pyridine rings is 1. The number of nitrogens with one attached hydrogen (secondary N) is 1. The minimum Gasteiger partial charge on any atom is -0.372 e. The molecule has 0 spiro atoms. The molecule has 104 valence electrons. The van der Waals surface area contributed by atoms with E-state index in [1.165, 1.54) is 0 Å². The van der Waals surface area contributed by atoms with E-state index in [1.807, 2.05) is 11.0 Å². The first-order valence-electron chi connectivity index (χ1n) is 6.65. The highest BCUT2D eigenvalue weighted by Crippen LogP contribution is 2.26. The van der Waals surface area contributed by atoms with E-state index >= 15 is 0 Å². The van der Waals surface area contributed by atoms with Crippen LogP contribution >= 0.6 is 15.9 Å². The third-order valence-corrected chi connectivity index (χ3v) is 4.38. The average molecular weight is 326 g/mol. The second-order valence-corrected chi connectivity index (χ2v) is 6.21. The molecule has 1 amide bonds. The zero-order chi connectivity index (χ0) is 14.0. The molecule has 1 aromatic rings. The maximum absolute atomic E-state index is 12.6. The first kappa shape index (κ1) is 14.3. The molecule has 0 radical (unpaired) electrons. The molecular formula is C14H20BrN3O. The largest absolute Gasteiger partial charge is 0.372 e. The summed E-state index contributed by atoms with van der Waals surface area (Å²) in [6.07, 6.45) is 2.77. The van der Waals surface area contributed by atoms with Gasteiger partial charge in [0.25, 0.3) is 5.91 Å². The van der Waals surface area contributed by atoms with Crippen molar-refractivity contribution in [1.82, 2.24) is 9.88 Å². The summed E-state index contributed by atoms with van der Waals surface area (Å²) in [4.78, 5) is 18.8. The van der Waals surface area contributed by atoms with Crippen LogP contribution in [-0.2, 0) is 0 Å². The van der Waals surface area contributed by atoms with Crippen LogP contribution < -0.4 is 5.32 Å². The standard InChI is InChI=1S/C14H20BrN3O/c1-9-4-5-18(8-10(9)2)14(19)12-6-11(15)7-17-13(12)16-3/h6-7,9-10H,4-5,8H2,1-3H3,(H,16,17). The maximum Gasteiger partial charge on any atom is 0.257 e.